The van der Waals surface area contributed by atoms with Crippen molar-refractivity contribution < 1.29 is 4.42 Å². The van der Waals surface area contributed by atoms with E-state index in [4.69, 9.17) is 4.42 Å². The quantitative estimate of drug-likeness (QED) is 0.152. The van der Waals surface area contributed by atoms with Crippen LogP contribution in [0.2, 0.25) is 0 Å². The van der Waals surface area contributed by atoms with Crippen LogP contribution in [0.25, 0.3) is 98.4 Å². The third kappa shape index (κ3) is 3.50. The topological polar surface area (TPSA) is 13.1 Å². The normalized spacial score (nSPS) is 12.0. The minimum atomic E-state index is 0.941. The molecule has 0 aliphatic heterocycles. The van der Waals surface area contributed by atoms with Gasteiger partial charge in [0, 0.05) is 10.8 Å². The Morgan fingerprint density at radius 3 is 1.67 bits per heavy atom. The second-order valence-electron chi connectivity index (χ2n) is 12.0. The molecular formula is C44H26O. The van der Waals surface area contributed by atoms with Crippen molar-refractivity contribution in [3.63, 3.8) is 0 Å². The third-order valence-electron chi connectivity index (χ3n) is 9.60. The zero-order valence-electron chi connectivity index (χ0n) is 24.4. The number of hydrogen-bond acceptors (Lipinski definition) is 1. The lowest BCUT2D eigenvalue weighted by molar-refractivity contribution is 0.669. The number of furan rings is 1. The van der Waals surface area contributed by atoms with Crippen molar-refractivity contribution in [2.45, 2.75) is 0 Å². The minimum absolute atomic E-state index is 0.941. The molecule has 45 heavy (non-hydrogen) atoms. The molecule has 0 atom stereocenters. The second-order valence-corrected chi connectivity index (χ2v) is 12.0. The molecule has 0 saturated carbocycles. The molecule has 0 fully saturated rings. The summed E-state index contributed by atoms with van der Waals surface area (Å²) in [5.74, 6) is 0. The highest BCUT2D eigenvalue weighted by molar-refractivity contribution is 6.29. The van der Waals surface area contributed by atoms with Crippen LogP contribution < -0.4 is 0 Å². The molecule has 1 nitrogen and oxygen atoms in total. The maximum atomic E-state index is 6.33. The molecule has 0 bridgehead atoms. The van der Waals surface area contributed by atoms with Crippen LogP contribution in [0.15, 0.2) is 162 Å². The molecule has 1 aromatic heterocycles. The first-order valence-electron chi connectivity index (χ1n) is 15.5. The maximum Gasteiger partial charge on any atom is 0.136 e. The standard InChI is InChI=1S/C44H26O/c1-2-11-27(12-3-1)31-19-8-13-28-23-24-30(25-37(28)31)41-32-15-4-6-17-34(32)43(35-18-7-5-16-33(35)41)38-26-29-14-9-21-39-42(29)44-36(38)20-10-22-40(44)45-39/h1-26H. The average Bonchev–Trinajstić information content (AvgIpc) is 3.50. The summed E-state index contributed by atoms with van der Waals surface area (Å²) >= 11 is 0. The number of fused-ring (bicyclic) bond motifs is 3. The molecule has 0 saturated heterocycles. The summed E-state index contributed by atoms with van der Waals surface area (Å²) in [6.07, 6.45) is 0. The van der Waals surface area contributed by atoms with Crippen molar-refractivity contribution in [2.24, 2.45) is 0 Å². The van der Waals surface area contributed by atoms with Crippen LogP contribution in [0, 0.1) is 0 Å². The molecule has 9 aromatic carbocycles. The second kappa shape index (κ2) is 9.29. The Bertz CT molecular complexity index is 2690. The molecule has 1 heteroatoms. The largest absolute Gasteiger partial charge is 0.456 e. The SMILES string of the molecule is c1ccc(-c2cccc3ccc(-c4c5ccccc5c(-c5cc6cccc7oc8cccc5c8c67)c5ccccc45)cc23)cc1. The van der Waals surface area contributed by atoms with Crippen molar-refractivity contribution >= 4 is 65.0 Å². The first kappa shape index (κ1) is 24.5. The molecule has 208 valence electrons. The van der Waals surface area contributed by atoms with E-state index in [2.05, 4.69) is 158 Å². The molecule has 0 radical (unpaired) electrons. The molecule has 0 amide bonds. The van der Waals surface area contributed by atoms with Gasteiger partial charge in [-0.05, 0) is 101 Å². The van der Waals surface area contributed by atoms with Gasteiger partial charge in [0.1, 0.15) is 11.2 Å². The minimum Gasteiger partial charge on any atom is -0.456 e. The summed E-state index contributed by atoms with van der Waals surface area (Å²) in [5.41, 5.74) is 9.39. The number of benzene rings is 9. The van der Waals surface area contributed by atoms with E-state index in [1.54, 1.807) is 0 Å². The monoisotopic (exact) mass is 570 g/mol. The van der Waals surface area contributed by atoms with Gasteiger partial charge in [-0.1, -0.05) is 133 Å². The van der Waals surface area contributed by atoms with Crippen LogP contribution in [0.5, 0.6) is 0 Å². The highest BCUT2D eigenvalue weighted by Crippen LogP contribution is 2.48. The summed E-state index contributed by atoms with van der Waals surface area (Å²) in [7, 11) is 0. The average molecular weight is 571 g/mol. The third-order valence-corrected chi connectivity index (χ3v) is 9.60. The highest BCUT2D eigenvalue weighted by Gasteiger charge is 2.21. The van der Waals surface area contributed by atoms with Crippen molar-refractivity contribution in [1.82, 2.24) is 0 Å². The molecule has 0 spiro atoms. The van der Waals surface area contributed by atoms with Crippen LogP contribution in [0.3, 0.4) is 0 Å². The lowest BCUT2D eigenvalue weighted by atomic mass is 9.83. The predicted octanol–water partition coefficient (Wildman–Crippen LogP) is 12.6. The molecule has 0 aliphatic carbocycles. The van der Waals surface area contributed by atoms with Crippen molar-refractivity contribution in [2.75, 3.05) is 0 Å². The van der Waals surface area contributed by atoms with Crippen LogP contribution in [-0.4, -0.2) is 0 Å². The predicted molar refractivity (Wildman–Crippen MR) is 191 cm³/mol. The van der Waals surface area contributed by atoms with Crippen molar-refractivity contribution in [1.29, 1.82) is 0 Å². The number of rotatable bonds is 3. The van der Waals surface area contributed by atoms with Gasteiger partial charge in [-0.2, -0.15) is 0 Å². The van der Waals surface area contributed by atoms with Gasteiger partial charge in [-0.3, -0.25) is 0 Å². The van der Waals surface area contributed by atoms with Gasteiger partial charge in [0.15, 0.2) is 0 Å². The molecule has 0 aliphatic rings. The fourth-order valence-electron chi connectivity index (χ4n) is 7.71. The molecule has 1 heterocycles. The summed E-state index contributed by atoms with van der Waals surface area (Å²) in [4.78, 5) is 0. The maximum absolute atomic E-state index is 6.33. The first-order chi connectivity index (χ1) is 22.3. The first-order valence-corrected chi connectivity index (χ1v) is 15.5. The lowest BCUT2D eigenvalue weighted by Crippen LogP contribution is -1.92. The fraction of sp³-hybridized carbons (Fsp3) is 0. The molecule has 10 rings (SSSR count). The summed E-state index contributed by atoms with van der Waals surface area (Å²) in [5, 5.41) is 12.4. The molecule has 0 N–H and O–H groups in total. The van der Waals surface area contributed by atoms with E-state index in [1.165, 1.54) is 87.2 Å². The van der Waals surface area contributed by atoms with E-state index in [1.807, 2.05) is 0 Å². The zero-order valence-corrected chi connectivity index (χ0v) is 24.4. The summed E-state index contributed by atoms with van der Waals surface area (Å²) < 4.78 is 6.33. The van der Waals surface area contributed by atoms with Gasteiger partial charge in [0.05, 0.1) is 0 Å². The van der Waals surface area contributed by atoms with Crippen LogP contribution in [-0.2, 0) is 0 Å². The fourth-order valence-corrected chi connectivity index (χ4v) is 7.71. The Balaban J connectivity index is 1.33. The number of hydrogen-bond donors (Lipinski definition) is 0. The molecular weight excluding hydrogens is 544 g/mol. The lowest BCUT2D eigenvalue weighted by Gasteiger charge is -2.19. The van der Waals surface area contributed by atoms with E-state index in [-0.39, 0.29) is 0 Å². The van der Waals surface area contributed by atoms with Crippen LogP contribution in [0.1, 0.15) is 0 Å². The Morgan fingerprint density at radius 1 is 0.311 bits per heavy atom. The van der Waals surface area contributed by atoms with Gasteiger partial charge in [-0.15, -0.1) is 0 Å². The smallest absolute Gasteiger partial charge is 0.136 e. The van der Waals surface area contributed by atoms with Crippen LogP contribution >= 0.6 is 0 Å². The molecule has 10 aromatic rings. The highest BCUT2D eigenvalue weighted by atomic mass is 16.3. The van der Waals surface area contributed by atoms with Gasteiger partial charge >= 0.3 is 0 Å². The van der Waals surface area contributed by atoms with Gasteiger partial charge in [0.25, 0.3) is 0 Å². The van der Waals surface area contributed by atoms with E-state index >= 15 is 0 Å². The summed E-state index contributed by atoms with van der Waals surface area (Å²) in [6.45, 7) is 0. The van der Waals surface area contributed by atoms with E-state index < -0.39 is 0 Å². The summed E-state index contributed by atoms with van der Waals surface area (Å²) in [6, 6.07) is 57.4. The Morgan fingerprint density at radius 2 is 0.911 bits per heavy atom. The van der Waals surface area contributed by atoms with Crippen LogP contribution in [0.4, 0.5) is 0 Å². The Hall–Kier alpha value is -5.92. The van der Waals surface area contributed by atoms with E-state index in [0.717, 1.165) is 11.2 Å². The van der Waals surface area contributed by atoms with Crippen molar-refractivity contribution in [3.8, 4) is 33.4 Å². The Labute approximate surface area is 259 Å². The van der Waals surface area contributed by atoms with Crippen molar-refractivity contribution in [3.05, 3.63) is 158 Å². The van der Waals surface area contributed by atoms with Gasteiger partial charge in [-0.25, -0.2) is 0 Å². The van der Waals surface area contributed by atoms with E-state index in [0.29, 0.717) is 0 Å². The van der Waals surface area contributed by atoms with Gasteiger partial charge in [0.2, 0.25) is 0 Å². The Kier molecular flexibility index (Phi) is 5.06. The van der Waals surface area contributed by atoms with E-state index in [9.17, 15) is 0 Å². The zero-order chi connectivity index (χ0) is 29.5. The molecule has 0 unspecified atom stereocenters. The van der Waals surface area contributed by atoms with Gasteiger partial charge < -0.3 is 4.42 Å².